The number of nitrogen functional groups attached to an aromatic ring is 1. The lowest BCUT2D eigenvalue weighted by atomic mass is 9.90. The predicted molar refractivity (Wildman–Crippen MR) is 76.6 cm³/mol. The average Bonchev–Trinajstić information content (AvgIpc) is 2.42. The third-order valence-corrected chi connectivity index (χ3v) is 3.81. The standard InChI is InChI=1S/C16H25NO/c17-16-10-8-14(9-11-16)7-4-12-18-13-15-5-2-1-3-6-15/h8-11,15H,1-7,12-13,17H2. The molecule has 0 unspecified atom stereocenters. The zero-order valence-corrected chi connectivity index (χ0v) is 11.2. The van der Waals surface area contributed by atoms with E-state index in [0.29, 0.717) is 0 Å². The Balaban J connectivity index is 1.54. The minimum atomic E-state index is 0.829. The molecule has 0 aliphatic heterocycles. The Hall–Kier alpha value is -1.02. The van der Waals surface area contributed by atoms with Crippen molar-refractivity contribution in [1.82, 2.24) is 0 Å². The zero-order valence-electron chi connectivity index (χ0n) is 11.2. The van der Waals surface area contributed by atoms with Crippen LogP contribution in [0.4, 0.5) is 5.69 Å². The van der Waals surface area contributed by atoms with Crippen molar-refractivity contribution in [3.63, 3.8) is 0 Å². The largest absolute Gasteiger partial charge is 0.399 e. The van der Waals surface area contributed by atoms with Crippen LogP contribution in [0.5, 0.6) is 0 Å². The molecule has 18 heavy (non-hydrogen) atoms. The molecule has 1 fully saturated rings. The lowest BCUT2D eigenvalue weighted by Crippen LogP contribution is -2.13. The van der Waals surface area contributed by atoms with Crippen LogP contribution in [0.2, 0.25) is 0 Å². The van der Waals surface area contributed by atoms with E-state index in [1.54, 1.807) is 0 Å². The lowest BCUT2D eigenvalue weighted by molar-refractivity contribution is 0.0838. The van der Waals surface area contributed by atoms with Crippen LogP contribution in [0.15, 0.2) is 24.3 Å². The van der Waals surface area contributed by atoms with Gasteiger partial charge in [0, 0.05) is 18.9 Å². The SMILES string of the molecule is Nc1ccc(CCCOCC2CCCCC2)cc1. The van der Waals surface area contributed by atoms with Crippen LogP contribution in [0.1, 0.15) is 44.1 Å². The Bertz CT molecular complexity index is 327. The third-order valence-electron chi connectivity index (χ3n) is 3.81. The van der Waals surface area contributed by atoms with Crippen molar-refractivity contribution in [2.24, 2.45) is 5.92 Å². The van der Waals surface area contributed by atoms with Gasteiger partial charge in [-0.2, -0.15) is 0 Å². The third kappa shape index (κ3) is 4.69. The van der Waals surface area contributed by atoms with E-state index in [-0.39, 0.29) is 0 Å². The Morgan fingerprint density at radius 2 is 1.78 bits per heavy atom. The molecule has 0 spiro atoms. The molecule has 0 amide bonds. The summed E-state index contributed by atoms with van der Waals surface area (Å²) in [6.45, 7) is 1.86. The van der Waals surface area contributed by atoms with Crippen molar-refractivity contribution in [1.29, 1.82) is 0 Å². The molecule has 1 saturated carbocycles. The molecule has 2 nitrogen and oxygen atoms in total. The number of hydrogen-bond acceptors (Lipinski definition) is 2. The molecular formula is C16H25NO. The van der Waals surface area contributed by atoms with E-state index in [9.17, 15) is 0 Å². The molecule has 100 valence electrons. The molecule has 1 aliphatic carbocycles. The first-order chi connectivity index (χ1) is 8.84. The van der Waals surface area contributed by atoms with Gasteiger partial charge in [0.05, 0.1) is 0 Å². The van der Waals surface area contributed by atoms with Crippen molar-refractivity contribution in [2.75, 3.05) is 18.9 Å². The highest BCUT2D eigenvalue weighted by Gasteiger charge is 2.12. The summed E-state index contributed by atoms with van der Waals surface area (Å²) in [5, 5.41) is 0. The van der Waals surface area contributed by atoms with Crippen LogP contribution in [-0.4, -0.2) is 13.2 Å². The summed E-state index contributed by atoms with van der Waals surface area (Å²) in [7, 11) is 0. The van der Waals surface area contributed by atoms with Crippen molar-refractivity contribution in [3.8, 4) is 0 Å². The maximum absolute atomic E-state index is 5.79. The van der Waals surface area contributed by atoms with Crippen LogP contribution in [-0.2, 0) is 11.2 Å². The molecule has 0 radical (unpaired) electrons. The Kier molecular flexibility index (Phi) is 5.53. The molecule has 2 rings (SSSR count). The van der Waals surface area contributed by atoms with E-state index in [1.165, 1.54) is 37.7 Å². The van der Waals surface area contributed by atoms with Gasteiger partial charge in [0.15, 0.2) is 0 Å². The smallest absolute Gasteiger partial charge is 0.0494 e. The van der Waals surface area contributed by atoms with Crippen molar-refractivity contribution >= 4 is 5.69 Å². The molecule has 0 saturated heterocycles. The summed E-state index contributed by atoms with van der Waals surface area (Å²) in [6.07, 6.45) is 9.17. The second kappa shape index (κ2) is 7.42. The van der Waals surface area contributed by atoms with Crippen LogP contribution < -0.4 is 5.73 Å². The first-order valence-electron chi connectivity index (χ1n) is 7.27. The number of hydrogen-bond donors (Lipinski definition) is 1. The molecule has 0 aromatic heterocycles. The monoisotopic (exact) mass is 247 g/mol. The van der Waals surface area contributed by atoms with Gasteiger partial charge in [-0.3, -0.25) is 0 Å². The molecule has 1 aromatic rings. The van der Waals surface area contributed by atoms with Gasteiger partial charge in [0.25, 0.3) is 0 Å². The van der Waals surface area contributed by atoms with Gasteiger partial charge in [-0.1, -0.05) is 31.4 Å². The van der Waals surface area contributed by atoms with Gasteiger partial charge >= 0.3 is 0 Å². The molecule has 1 aromatic carbocycles. The van der Waals surface area contributed by atoms with E-state index in [1.807, 2.05) is 12.1 Å². The molecular weight excluding hydrogens is 222 g/mol. The lowest BCUT2D eigenvalue weighted by Gasteiger charge is -2.21. The maximum Gasteiger partial charge on any atom is 0.0494 e. The van der Waals surface area contributed by atoms with Crippen molar-refractivity contribution < 1.29 is 4.74 Å². The van der Waals surface area contributed by atoms with E-state index in [4.69, 9.17) is 10.5 Å². The summed E-state index contributed by atoms with van der Waals surface area (Å²) in [5.41, 5.74) is 7.85. The van der Waals surface area contributed by atoms with E-state index in [0.717, 1.165) is 37.7 Å². The van der Waals surface area contributed by atoms with E-state index in [2.05, 4.69) is 12.1 Å². The highest BCUT2D eigenvalue weighted by molar-refractivity contribution is 5.39. The van der Waals surface area contributed by atoms with Crippen LogP contribution in [0, 0.1) is 5.92 Å². The van der Waals surface area contributed by atoms with Gasteiger partial charge in [-0.25, -0.2) is 0 Å². The fourth-order valence-corrected chi connectivity index (χ4v) is 2.67. The van der Waals surface area contributed by atoms with Gasteiger partial charge in [0.1, 0.15) is 0 Å². The summed E-state index contributed by atoms with van der Waals surface area (Å²) < 4.78 is 5.79. The van der Waals surface area contributed by atoms with Crippen LogP contribution in [0.3, 0.4) is 0 Å². The normalized spacial score (nSPS) is 16.9. The summed E-state index contributed by atoms with van der Waals surface area (Å²) in [5.74, 6) is 0.829. The van der Waals surface area contributed by atoms with Gasteiger partial charge in [0.2, 0.25) is 0 Å². The number of ether oxygens (including phenoxy) is 1. The number of benzene rings is 1. The highest BCUT2D eigenvalue weighted by Crippen LogP contribution is 2.23. The fraction of sp³-hybridized carbons (Fsp3) is 0.625. The molecule has 0 bridgehead atoms. The van der Waals surface area contributed by atoms with Crippen molar-refractivity contribution in [2.45, 2.75) is 44.9 Å². The van der Waals surface area contributed by atoms with Crippen molar-refractivity contribution in [3.05, 3.63) is 29.8 Å². The minimum absolute atomic E-state index is 0.829. The van der Waals surface area contributed by atoms with E-state index < -0.39 is 0 Å². The molecule has 1 aliphatic rings. The summed E-state index contributed by atoms with van der Waals surface area (Å²) >= 11 is 0. The average molecular weight is 247 g/mol. The molecule has 2 heteroatoms. The highest BCUT2D eigenvalue weighted by atomic mass is 16.5. The first kappa shape index (κ1) is 13.4. The first-order valence-corrected chi connectivity index (χ1v) is 7.27. The summed E-state index contributed by atoms with van der Waals surface area (Å²) in [6, 6.07) is 8.16. The maximum atomic E-state index is 5.79. The number of aryl methyl sites for hydroxylation is 1. The number of rotatable bonds is 6. The molecule has 2 N–H and O–H groups in total. The van der Waals surface area contributed by atoms with Crippen LogP contribution >= 0.6 is 0 Å². The second-order valence-corrected chi connectivity index (χ2v) is 5.42. The topological polar surface area (TPSA) is 35.2 Å². The Morgan fingerprint density at radius 3 is 2.50 bits per heavy atom. The minimum Gasteiger partial charge on any atom is -0.399 e. The van der Waals surface area contributed by atoms with Gasteiger partial charge in [-0.05, 0) is 49.3 Å². The Labute approximate surface area is 111 Å². The van der Waals surface area contributed by atoms with Gasteiger partial charge < -0.3 is 10.5 Å². The predicted octanol–water partition coefficient (Wildman–Crippen LogP) is 3.80. The van der Waals surface area contributed by atoms with E-state index >= 15 is 0 Å². The Morgan fingerprint density at radius 1 is 1.06 bits per heavy atom. The zero-order chi connectivity index (χ0) is 12.6. The van der Waals surface area contributed by atoms with Gasteiger partial charge in [-0.15, -0.1) is 0 Å². The fourth-order valence-electron chi connectivity index (χ4n) is 2.67. The quantitative estimate of drug-likeness (QED) is 0.613. The summed E-state index contributed by atoms with van der Waals surface area (Å²) in [4.78, 5) is 0. The second-order valence-electron chi connectivity index (χ2n) is 5.42. The van der Waals surface area contributed by atoms with Crippen LogP contribution in [0.25, 0.3) is 0 Å². The molecule has 0 heterocycles. The number of anilines is 1. The molecule has 0 atom stereocenters. The number of nitrogens with two attached hydrogens (primary N) is 1.